The normalized spacial score (nSPS) is 23.6. The number of hydrogen-bond acceptors (Lipinski definition) is 6. The molecule has 0 radical (unpaired) electrons. The van der Waals surface area contributed by atoms with E-state index in [4.69, 9.17) is 26.1 Å². The van der Waals surface area contributed by atoms with Crippen LogP contribution in [0.25, 0.3) is 0 Å². The van der Waals surface area contributed by atoms with Crippen LogP contribution in [0.5, 0.6) is 0 Å². The van der Waals surface area contributed by atoms with Gasteiger partial charge in [0.15, 0.2) is 0 Å². The molecule has 0 unspecified atom stereocenters. The largest absolute Gasteiger partial charge is 0.459 e. The topological polar surface area (TPSA) is 72.8 Å². The van der Waals surface area contributed by atoms with Gasteiger partial charge in [0, 0.05) is 28.5 Å². The standard InChI is InChI=1S/C30H35ClFN3O3/c1-5-14-37-17-25-27(30(36)38-26-15-19(4)6-8-22(26)18(2)3)28(23-9-7-21(32)16-24(23)31)35-29(34-25)20-10-12-33-13-11-20/h5,7,9-13,16,18-19,22,26,28H,1,6,8,14-15,17H2,2-4H3,(H,34,35)/t19-,22+,26-,28+/m1/s1. The van der Waals surface area contributed by atoms with Gasteiger partial charge in [-0.25, -0.2) is 9.18 Å². The molecule has 202 valence electrons. The number of carbonyl (C=O) groups is 1. The molecule has 1 aliphatic heterocycles. The number of aromatic nitrogens is 1. The van der Waals surface area contributed by atoms with Crippen LogP contribution in [-0.4, -0.2) is 36.1 Å². The Morgan fingerprint density at radius 2 is 2.03 bits per heavy atom. The molecule has 0 saturated heterocycles. The average Bonchev–Trinajstić information content (AvgIpc) is 2.89. The summed E-state index contributed by atoms with van der Waals surface area (Å²) in [5, 5.41) is 3.47. The summed E-state index contributed by atoms with van der Waals surface area (Å²) < 4.78 is 26.0. The van der Waals surface area contributed by atoms with Crippen molar-refractivity contribution in [1.29, 1.82) is 0 Å². The van der Waals surface area contributed by atoms with Crippen molar-refractivity contribution in [3.8, 4) is 0 Å². The highest BCUT2D eigenvalue weighted by Crippen LogP contribution is 2.39. The number of carbonyl (C=O) groups excluding carboxylic acids is 1. The van der Waals surface area contributed by atoms with Crippen molar-refractivity contribution >= 4 is 23.4 Å². The van der Waals surface area contributed by atoms with E-state index in [0.29, 0.717) is 41.1 Å². The summed E-state index contributed by atoms with van der Waals surface area (Å²) in [6.07, 6.45) is 7.71. The first-order valence-corrected chi connectivity index (χ1v) is 13.5. The van der Waals surface area contributed by atoms with Gasteiger partial charge in [0.05, 0.1) is 24.5 Å². The lowest BCUT2D eigenvalue weighted by molar-refractivity contribution is -0.151. The molecule has 0 bridgehead atoms. The van der Waals surface area contributed by atoms with Gasteiger partial charge in [0.25, 0.3) is 0 Å². The maximum absolute atomic E-state index is 14.0. The van der Waals surface area contributed by atoms with Gasteiger partial charge in [-0.05, 0) is 54.9 Å². The van der Waals surface area contributed by atoms with Crippen molar-refractivity contribution < 1.29 is 18.7 Å². The van der Waals surface area contributed by atoms with Gasteiger partial charge in [0.2, 0.25) is 0 Å². The number of amidine groups is 1. The Bertz CT molecular complexity index is 1210. The fraction of sp³-hybridized carbons (Fsp3) is 0.433. The monoisotopic (exact) mass is 539 g/mol. The van der Waals surface area contributed by atoms with Crippen LogP contribution in [-0.2, 0) is 14.3 Å². The van der Waals surface area contributed by atoms with Crippen molar-refractivity contribution in [1.82, 2.24) is 10.3 Å². The first-order valence-electron chi connectivity index (χ1n) is 13.1. The molecular weight excluding hydrogens is 505 g/mol. The molecule has 38 heavy (non-hydrogen) atoms. The summed E-state index contributed by atoms with van der Waals surface area (Å²) in [4.78, 5) is 23.0. The van der Waals surface area contributed by atoms with Gasteiger partial charge >= 0.3 is 5.97 Å². The summed E-state index contributed by atoms with van der Waals surface area (Å²) in [6.45, 7) is 10.7. The highest BCUT2D eigenvalue weighted by Gasteiger charge is 2.38. The maximum Gasteiger partial charge on any atom is 0.338 e. The van der Waals surface area contributed by atoms with E-state index in [2.05, 4.69) is 37.7 Å². The molecule has 0 spiro atoms. The third kappa shape index (κ3) is 6.51. The Labute approximate surface area is 229 Å². The summed E-state index contributed by atoms with van der Waals surface area (Å²) in [5.74, 6) is 0.713. The number of halogens is 2. The molecule has 1 aromatic heterocycles. The molecule has 1 N–H and O–H groups in total. The highest BCUT2D eigenvalue weighted by molar-refractivity contribution is 6.31. The predicted octanol–water partition coefficient (Wildman–Crippen LogP) is 6.43. The van der Waals surface area contributed by atoms with Crippen molar-refractivity contribution in [2.24, 2.45) is 22.7 Å². The molecule has 2 aromatic rings. The Morgan fingerprint density at radius 1 is 1.26 bits per heavy atom. The van der Waals surface area contributed by atoms with Crippen molar-refractivity contribution in [3.05, 3.63) is 88.6 Å². The van der Waals surface area contributed by atoms with Crippen LogP contribution in [0, 0.1) is 23.6 Å². The molecule has 1 fully saturated rings. The summed E-state index contributed by atoms with van der Waals surface area (Å²) in [6, 6.07) is 6.93. The molecule has 1 aromatic carbocycles. The van der Waals surface area contributed by atoms with E-state index in [-0.39, 0.29) is 23.7 Å². The van der Waals surface area contributed by atoms with E-state index >= 15 is 0 Å². The quantitative estimate of drug-likeness (QED) is 0.226. The van der Waals surface area contributed by atoms with Crippen LogP contribution >= 0.6 is 11.6 Å². The van der Waals surface area contributed by atoms with E-state index in [1.807, 2.05) is 12.1 Å². The van der Waals surface area contributed by atoms with E-state index in [9.17, 15) is 9.18 Å². The van der Waals surface area contributed by atoms with Crippen LogP contribution in [0.1, 0.15) is 57.2 Å². The minimum Gasteiger partial charge on any atom is -0.459 e. The average molecular weight is 540 g/mol. The smallest absolute Gasteiger partial charge is 0.338 e. The lowest BCUT2D eigenvalue weighted by Gasteiger charge is -2.37. The first kappa shape index (κ1) is 28.0. The fourth-order valence-corrected chi connectivity index (χ4v) is 5.52. The Hall–Kier alpha value is -3.03. The van der Waals surface area contributed by atoms with Gasteiger partial charge in [0.1, 0.15) is 23.8 Å². The van der Waals surface area contributed by atoms with Crippen LogP contribution in [0.2, 0.25) is 5.02 Å². The number of nitrogens with one attached hydrogen (secondary N) is 1. The van der Waals surface area contributed by atoms with E-state index in [1.54, 1.807) is 24.5 Å². The van der Waals surface area contributed by atoms with Gasteiger partial charge in [-0.1, -0.05) is 50.9 Å². The zero-order chi connectivity index (χ0) is 27.2. The van der Waals surface area contributed by atoms with Crippen LogP contribution in [0.15, 0.2) is 71.6 Å². The number of pyridine rings is 1. The van der Waals surface area contributed by atoms with Crippen LogP contribution in [0.4, 0.5) is 4.39 Å². The molecule has 1 saturated carbocycles. The van der Waals surface area contributed by atoms with Crippen molar-refractivity contribution in [2.75, 3.05) is 13.2 Å². The minimum absolute atomic E-state index is 0.102. The molecular formula is C30H35ClFN3O3. The SMILES string of the molecule is C=CCOCC1=C(C(=O)O[C@@H]2C[C@H](C)CC[C@H]2C(C)C)[C@H](c2ccc(F)cc2Cl)N=C(c2ccncc2)N1. The number of rotatable bonds is 9. The lowest BCUT2D eigenvalue weighted by Crippen LogP contribution is -2.39. The Morgan fingerprint density at radius 3 is 2.71 bits per heavy atom. The van der Waals surface area contributed by atoms with Crippen LogP contribution < -0.4 is 5.32 Å². The zero-order valence-corrected chi connectivity index (χ0v) is 22.9. The molecule has 1 aliphatic carbocycles. The van der Waals surface area contributed by atoms with Crippen molar-refractivity contribution in [3.63, 3.8) is 0 Å². The second kappa shape index (κ2) is 12.7. The predicted molar refractivity (Wildman–Crippen MR) is 147 cm³/mol. The second-order valence-corrected chi connectivity index (χ2v) is 10.8. The van der Waals surface area contributed by atoms with Gasteiger partial charge in [-0.2, -0.15) is 0 Å². The summed E-state index contributed by atoms with van der Waals surface area (Å²) >= 11 is 6.52. The van der Waals surface area contributed by atoms with Gasteiger partial charge in [-0.15, -0.1) is 6.58 Å². The number of hydrogen-bond donors (Lipinski definition) is 1. The Balaban J connectivity index is 1.78. The van der Waals surface area contributed by atoms with E-state index in [1.165, 1.54) is 12.1 Å². The first-order chi connectivity index (χ1) is 18.3. The fourth-order valence-electron chi connectivity index (χ4n) is 5.25. The molecule has 6 nitrogen and oxygen atoms in total. The lowest BCUT2D eigenvalue weighted by atomic mass is 9.75. The third-order valence-corrected chi connectivity index (χ3v) is 7.59. The third-order valence-electron chi connectivity index (χ3n) is 7.26. The number of nitrogens with zero attached hydrogens (tertiary/aromatic N) is 2. The second-order valence-electron chi connectivity index (χ2n) is 10.4. The molecule has 8 heteroatoms. The molecule has 4 rings (SSSR count). The number of benzene rings is 1. The summed E-state index contributed by atoms with van der Waals surface area (Å²) in [5.41, 5.74) is 2.11. The number of aliphatic imine (C=N–C) groups is 1. The number of ether oxygens (including phenoxy) is 2. The molecule has 2 heterocycles. The van der Waals surface area contributed by atoms with Gasteiger partial charge in [-0.3, -0.25) is 9.98 Å². The number of esters is 1. The zero-order valence-electron chi connectivity index (χ0n) is 22.1. The summed E-state index contributed by atoms with van der Waals surface area (Å²) in [7, 11) is 0. The highest BCUT2D eigenvalue weighted by atomic mass is 35.5. The molecule has 4 atom stereocenters. The van der Waals surface area contributed by atoms with E-state index in [0.717, 1.165) is 24.8 Å². The van der Waals surface area contributed by atoms with Crippen molar-refractivity contribution in [2.45, 2.75) is 52.2 Å². The Kier molecular flexibility index (Phi) is 9.34. The van der Waals surface area contributed by atoms with Crippen LogP contribution in [0.3, 0.4) is 0 Å². The molecule has 2 aliphatic rings. The van der Waals surface area contributed by atoms with Gasteiger partial charge < -0.3 is 14.8 Å². The molecule has 0 amide bonds. The maximum atomic E-state index is 14.0. The van der Waals surface area contributed by atoms with E-state index < -0.39 is 17.8 Å². The minimum atomic E-state index is -0.819.